The van der Waals surface area contributed by atoms with Crippen LogP contribution in [0.5, 0.6) is 11.5 Å². The molecule has 9 heteroatoms. The van der Waals surface area contributed by atoms with Crippen LogP contribution in [0.2, 0.25) is 5.02 Å². The summed E-state index contributed by atoms with van der Waals surface area (Å²) < 4.78 is 10.8. The molecule has 0 fully saturated rings. The fraction of sp³-hybridized carbons (Fsp3) is 0.387. The van der Waals surface area contributed by atoms with E-state index in [-0.39, 0.29) is 11.6 Å². The van der Waals surface area contributed by atoms with Gasteiger partial charge < -0.3 is 14.4 Å². The molecule has 0 radical (unpaired) electrons. The highest BCUT2D eigenvalue weighted by atomic mass is 35.5. The Kier molecular flexibility index (Phi) is 7.75. The number of methoxy groups -OCH3 is 2. The zero-order valence-corrected chi connectivity index (χ0v) is 24.2. The highest BCUT2D eigenvalue weighted by molar-refractivity contribution is 6.52. The van der Waals surface area contributed by atoms with E-state index in [4.69, 9.17) is 26.1 Å². The molecular weight excluding hydrogens is 528 g/mol. The van der Waals surface area contributed by atoms with Crippen molar-refractivity contribution in [3.05, 3.63) is 69.9 Å². The Bertz CT molecular complexity index is 1470. The second-order valence-electron chi connectivity index (χ2n) is 10.9. The van der Waals surface area contributed by atoms with Gasteiger partial charge in [-0.1, -0.05) is 17.7 Å². The van der Waals surface area contributed by atoms with Crippen molar-refractivity contribution in [1.29, 1.82) is 0 Å². The standard InChI is InChI=1S/C31H33ClN4O4/c1-31(2)29(38)25-21(13-15-36(3)14-12-18-6-11-23(39-4)24(16-18)40-5)28(37)27-26(22(25)17-33-31)34-30(35-27)19-7-9-20(32)10-8-19/h6-11,16-17,21,25H,12-15H2,1-5H3. The van der Waals surface area contributed by atoms with E-state index >= 15 is 0 Å². The molecule has 0 amide bonds. The molecule has 1 aliphatic carbocycles. The molecule has 3 aliphatic rings. The molecule has 2 unspecified atom stereocenters. The summed E-state index contributed by atoms with van der Waals surface area (Å²) >= 11 is 6.05. The van der Waals surface area contributed by atoms with Crippen LogP contribution in [0.1, 0.15) is 31.4 Å². The molecule has 8 nitrogen and oxygen atoms in total. The van der Waals surface area contributed by atoms with Crippen molar-refractivity contribution in [1.82, 2.24) is 4.90 Å². The van der Waals surface area contributed by atoms with Crippen LogP contribution in [0.15, 0.2) is 68.7 Å². The second-order valence-corrected chi connectivity index (χ2v) is 11.3. The van der Waals surface area contributed by atoms with Crippen LogP contribution in [0.3, 0.4) is 0 Å². The Balaban J connectivity index is 1.36. The van der Waals surface area contributed by atoms with Crippen molar-refractivity contribution < 1.29 is 19.1 Å². The average Bonchev–Trinajstić information content (AvgIpc) is 3.40. The first-order valence-corrected chi connectivity index (χ1v) is 13.7. The number of ketones is 2. The van der Waals surface area contributed by atoms with E-state index in [0.29, 0.717) is 52.3 Å². The van der Waals surface area contributed by atoms with Gasteiger partial charge in [0.25, 0.3) is 0 Å². The van der Waals surface area contributed by atoms with Gasteiger partial charge in [-0.25, -0.2) is 9.98 Å². The van der Waals surface area contributed by atoms with Crippen LogP contribution in [-0.2, 0) is 16.0 Å². The van der Waals surface area contributed by atoms with Crippen molar-refractivity contribution in [2.24, 2.45) is 26.8 Å². The zero-order valence-electron chi connectivity index (χ0n) is 23.4. The summed E-state index contributed by atoms with van der Waals surface area (Å²) in [7, 11) is 5.27. The molecule has 0 N–H and O–H groups in total. The van der Waals surface area contributed by atoms with Gasteiger partial charge in [-0.15, -0.1) is 0 Å². The van der Waals surface area contributed by atoms with Gasteiger partial charge in [-0.05, 0) is 82.2 Å². The Morgan fingerprint density at radius 1 is 0.975 bits per heavy atom. The number of rotatable bonds is 9. The van der Waals surface area contributed by atoms with Gasteiger partial charge in [0.1, 0.15) is 16.9 Å². The summed E-state index contributed by atoms with van der Waals surface area (Å²) in [5, 5.41) is 0.605. The predicted octanol–water partition coefficient (Wildman–Crippen LogP) is 4.62. The maximum atomic E-state index is 13.9. The first-order chi connectivity index (χ1) is 19.1. The van der Waals surface area contributed by atoms with Crippen LogP contribution < -0.4 is 9.47 Å². The number of halogens is 1. The molecule has 2 aliphatic heterocycles. The summed E-state index contributed by atoms with van der Waals surface area (Å²) in [5.74, 6) is 0.520. The maximum Gasteiger partial charge on any atom is 0.187 e. The lowest BCUT2D eigenvalue weighted by Crippen LogP contribution is -2.50. The first-order valence-electron chi connectivity index (χ1n) is 13.3. The van der Waals surface area contributed by atoms with Crippen LogP contribution in [0.4, 0.5) is 0 Å². The number of hydrogen-bond donors (Lipinski definition) is 0. The van der Waals surface area contributed by atoms with Crippen LogP contribution in [0, 0.1) is 11.8 Å². The quantitative estimate of drug-likeness (QED) is 0.446. The van der Waals surface area contributed by atoms with E-state index in [1.807, 2.05) is 37.4 Å². The topological polar surface area (TPSA) is 92.9 Å². The molecule has 2 atom stereocenters. The number of nitrogens with zero attached hydrogens (tertiary/aromatic N) is 4. The van der Waals surface area contributed by atoms with E-state index in [1.165, 1.54) is 0 Å². The van der Waals surface area contributed by atoms with Gasteiger partial charge in [-0.3, -0.25) is 14.6 Å². The van der Waals surface area contributed by atoms with Crippen LogP contribution in [-0.4, -0.2) is 74.1 Å². The number of carbonyl (C=O) groups excluding carboxylic acids is 2. The lowest BCUT2D eigenvalue weighted by molar-refractivity contribution is -0.131. The number of carbonyl (C=O) groups is 2. The maximum absolute atomic E-state index is 13.9. The third kappa shape index (κ3) is 5.25. The van der Waals surface area contributed by atoms with Crippen LogP contribution in [0.25, 0.3) is 0 Å². The van der Waals surface area contributed by atoms with E-state index in [0.717, 1.165) is 24.1 Å². The number of allylic oxidation sites excluding steroid dienone is 2. The summed E-state index contributed by atoms with van der Waals surface area (Å²) in [6, 6.07) is 13.1. The van der Waals surface area contributed by atoms with Gasteiger partial charge in [-0.2, -0.15) is 0 Å². The number of hydrogen-bond acceptors (Lipinski definition) is 8. The number of ether oxygens (including phenoxy) is 2. The molecule has 5 rings (SSSR count). The fourth-order valence-corrected chi connectivity index (χ4v) is 5.53. The predicted molar refractivity (Wildman–Crippen MR) is 157 cm³/mol. The minimum atomic E-state index is -0.900. The number of Topliss-reactive ketones (excluding diaryl/α,β-unsaturated/α-hetero) is 2. The fourth-order valence-electron chi connectivity index (χ4n) is 5.40. The lowest BCUT2D eigenvalue weighted by atomic mass is 9.67. The highest BCUT2D eigenvalue weighted by Gasteiger charge is 2.51. The van der Waals surface area contributed by atoms with E-state index in [9.17, 15) is 9.59 Å². The average molecular weight is 561 g/mol. The van der Waals surface area contributed by atoms with Crippen molar-refractivity contribution in [2.75, 3.05) is 34.4 Å². The van der Waals surface area contributed by atoms with Crippen LogP contribution >= 0.6 is 11.6 Å². The Morgan fingerprint density at radius 3 is 2.40 bits per heavy atom. The van der Waals surface area contributed by atoms with Gasteiger partial charge >= 0.3 is 0 Å². The molecule has 0 aromatic heterocycles. The third-order valence-corrected chi connectivity index (χ3v) is 8.06. The van der Waals surface area contributed by atoms with E-state index < -0.39 is 17.4 Å². The Morgan fingerprint density at radius 2 is 1.70 bits per heavy atom. The molecule has 208 valence electrons. The van der Waals surface area contributed by atoms with Gasteiger partial charge in [0.05, 0.1) is 20.1 Å². The van der Waals surface area contributed by atoms with E-state index in [2.05, 4.69) is 14.9 Å². The molecule has 2 heterocycles. The normalized spacial score (nSPS) is 21.3. The minimum Gasteiger partial charge on any atom is -0.493 e. The Labute approximate surface area is 239 Å². The number of fused-ring (bicyclic) bond motifs is 2. The van der Waals surface area contributed by atoms with E-state index in [1.54, 1.807) is 46.4 Å². The SMILES string of the molecule is COc1ccc(CCN(C)CCC2C(=O)C3=NC(c4ccc(Cl)cc4)=NC3=C3C=NC(C)(C)C(=O)C32)cc1OC. The monoisotopic (exact) mass is 560 g/mol. The summed E-state index contributed by atoms with van der Waals surface area (Å²) in [6.07, 6.45) is 3.05. The molecule has 2 aromatic rings. The first kappa shape index (κ1) is 27.9. The lowest BCUT2D eigenvalue weighted by Gasteiger charge is -2.38. The Hall–Kier alpha value is -3.62. The molecule has 40 heavy (non-hydrogen) atoms. The number of likely N-dealkylation sites (N-methyl/N-ethyl adjacent to an activating group) is 1. The smallest absolute Gasteiger partial charge is 0.187 e. The number of aliphatic imine (C=N–C) groups is 3. The van der Waals surface area contributed by atoms with Gasteiger partial charge in [0.2, 0.25) is 0 Å². The van der Waals surface area contributed by atoms with Crippen molar-refractivity contribution in [2.45, 2.75) is 32.2 Å². The molecule has 0 spiro atoms. The minimum absolute atomic E-state index is 0.0574. The second kappa shape index (κ2) is 11.1. The third-order valence-electron chi connectivity index (χ3n) is 7.81. The van der Waals surface area contributed by atoms with Gasteiger partial charge in [0, 0.05) is 34.8 Å². The molecule has 0 saturated carbocycles. The molecule has 0 bridgehead atoms. The van der Waals surface area contributed by atoms with Crippen molar-refractivity contribution in [3.8, 4) is 11.5 Å². The molecule has 0 saturated heterocycles. The largest absolute Gasteiger partial charge is 0.493 e. The van der Waals surface area contributed by atoms with Gasteiger partial charge in [0.15, 0.2) is 28.9 Å². The summed E-state index contributed by atoms with van der Waals surface area (Å²) in [5.41, 5.74) is 2.45. The number of amidine groups is 1. The molecular formula is C31H33ClN4O4. The van der Waals surface area contributed by atoms with Crippen molar-refractivity contribution >= 4 is 40.9 Å². The summed E-state index contributed by atoms with van der Waals surface area (Å²) in [4.78, 5) is 43.6. The summed E-state index contributed by atoms with van der Waals surface area (Å²) in [6.45, 7) is 5.02. The molecule has 2 aromatic carbocycles. The zero-order chi connectivity index (χ0) is 28.6. The van der Waals surface area contributed by atoms with Crippen molar-refractivity contribution in [3.63, 3.8) is 0 Å². The number of benzene rings is 2. The highest BCUT2D eigenvalue weighted by Crippen LogP contribution is 2.41.